The topological polar surface area (TPSA) is 278 Å². The summed E-state index contributed by atoms with van der Waals surface area (Å²) >= 11 is 0. The van der Waals surface area contributed by atoms with Crippen LogP contribution in [0.15, 0.2) is 146 Å². The Kier molecular flexibility index (Phi) is 15.1. The van der Waals surface area contributed by atoms with Crippen LogP contribution in [0.3, 0.4) is 0 Å². The SMILES string of the molecule is CCC(CC(CC(CC(CC(C)c1ccc(S(=O)(=O)[O-])cc1)c1ccc(S(=O)(=O)O)cc1)c1ccc(S(=O)(=O)O)cc1)c1ccc(S(=O)(=O)O)cc1)c1ccc(S(=O)(=O)[O-])cc1. The van der Waals surface area contributed by atoms with E-state index in [1.807, 2.05) is 13.8 Å². The number of hydrogen-bond acceptors (Lipinski definition) is 12. The Morgan fingerprint density at radius 2 is 0.597 bits per heavy atom. The maximum Gasteiger partial charge on any atom is 0.294 e. The summed E-state index contributed by atoms with van der Waals surface area (Å²) in [5.74, 6) is -1.82. The van der Waals surface area contributed by atoms with Crippen LogP contribution >= 0.6 is 0 Å². The first kappa shape index (κ1) is 48.7. The normalized spacial score (nSPS) is 15.3. The minimum absolute atomic E-state index is 0.239. The average Bonchev–Trinajstić information content (AvgIpc) is 3.20. The molecule has 334 valence electrons. The molecule has 0 fully saturated rings. The van der Waals surface area contributed by atoms with Crippen LogP contribution in [-0.2, 0) is 50.6 Å². The van der Waals surface area contributed by atoms with Gasteiger partial charge in [0.05, 0.1) is 24.5 Å². The van der Waals surface area contributed by atoms with Crippen molar-refractivity contribution in [1.82, 2.24) is 0 Å². The molecule has 0 spiro atoms. The molecule has 0 saturated heterocycles. The van der Waals surface area contributed by atoms with E-state index in [9.17, 15) is 64.9 Å². The van der Waals surface area contributed by atoms with Crippen molar-refractivity contribution in [2.24, 2.45) is 0 Å². The van der Waals surface area contributed by atoms with E-state index in [1.54, 1.807) is 48.5 Å². The number of rotatable bonds is 19. The zero-order chi connectivity index (χ0) is 45.8. The molecule has 5 aromatic rings. The second-order valence-electron chi connectivity index (χ2n) is 15.2. The van der Waals surface area contributed by atoms with Crippen molar-refractivity contribution in [2.45, 2.75) is 100 Å². The molecule has 5 unspecified atom stereocenters. The molecule has 5 rings (SSSR count). The highest BCUT2D eigenvalue weighted by atomic mass is 32.2. The maximum atomic E-state index is 12.1. The van der Waals surface area contributed by atoms with E-state index in [2.05, 4.69) is 0 Å². The van der Waals surface area contributed by atoms with Gasteiger partial charge in [0.15, 0.2) is 0 Å². The van der Waals surface area contributed by atoms with Gasteiger partial charge in [0.2, 0.25) is 0 Å². The molecule has 0 aliphatic carbocycles. The number of benzene rings is 5. The van der Waals surface area contributed by atoms with Crippen LogP contribution in [0.2, 0.25) is 0 Å². The van der Waals surface area contributed by atoms with Crippen LogP contribution in [0.1, 0.15) is 103 Å². The first-order chi connectivity index (χ1) is 28.7. The van der Waals surface area contributed by atoms with Crippen LogP contribution in [0, 0.1) is 0 Å². The zero-order valence-corrected chi connectivity index (χ0v) is 37.3. The van der Waals surface area contributed by atoms with Crippen LogP contribution in [0.25, 0.3) is 0 Å². The lowest BCUT2D eigenvalue weighted by atomic mass is 9.73. The molecule has 0 saturated carbocycles. The summed E-state index contributed by atoms with van der Waals surface area (Å²) in [5, 5.41) is 0. The Hall–Kier alpha value is -4.35. The van der Waals surface area contributed by atoms with Crippen molar-refractivity contribution in [3.63, 3.8) is 0 Å². The maximum absolute atomic E-state index is 12.1. The molecule has 0 aliphatic heterocycles. The van der Waals surface area contributed by atoms with E-state index in [4.69, 9.17) is 0 Å². The van der Waals surface area contributed by atoms with E-state index in [1.165, 1.54) is 72.8 Å². The van der Waals surface area contributed by atoms with Crippen molar-refractivity contribution >= 4 is 50.6 Å². The summed E-state index contributed by atoms with van der Waals surface area (Å²) in [6.07, 6.45) is 1.92. The number of hydrogen-bond donors (Lipinski definition) is 3. The van der Waals surface area contributed by atoms with Gasteiger partial charge in [-0.3, -0.25) is 13.7 Å². The molecule has 20 heteroatoms. The summed E-state index contributed by atoms with van der Waals surface area (Å²) in [7, 11) is -23.1. The first-order valence-corrected chi connectivity index (χ1v) is 26.2. The molecule has 0 heterocycles. The van der Waals surface area contributed by atoms with Gasteiger partial charge in [0.25, 0.3) is 30.4 Å². The van der Waals surface area contributed by atoms with Gasteiger partial charge < -0.3 is 9.11 Å². The molecule has 0 aromatic heterocycles. The lowest BCUT2D eigenvalue weighted by molar-refractivity contribution is 0.406. The summed E-state index contributed by atoms with van der Waals surface area (Å²) < 4.78 is 171. The minimum Gasteiger partial charge on any atom is -0.744 e. The largest absolute Gasteiger partial charge is 0.744 e. The monoisotopic (exact) mass is 948 g/mol. The molecule has 15 nitrogen and oxygen atoms in total. The summed E-state index contributed by atoms with van der Waals surface area (Å²) in [5.41, 5.74) is 3.34. The third-order valence-corrected chi connectivity index (χ3v) is 15.5. The lowest BCUT2D eigenvalue weighted by Crippen LogP contribution is -2.15. The van der Waals surface area contributed by atoms with E-state index >= 15 is 0 Å². The summed E-state index contributed by atoms with van der Waals surface area (Å²) in [6, 6.07) is 27.9. The van der Waals surface area contributed by atoms with Crippen LogP contribution in [0.4, 0.5) is 0 Å². The molecule has 0 radical (unpaired) electrons. The Bertz CT molecular complexity index is 2900. The molecular weight excluding hydrogens is 905 g/mol. The fraction of sp³-hybridized carbons (Fsp3) is 0.286. The second-order valence-corrected chi connectivity index (χ2v) is 22.2. The predicted octanol–water partition coefficient (Wildman–Crippen LogP) is 7.44. The van der Waals surface area contributed by atoms with Crippen molar-refractivity contribution in [2.75, 3.05) is 0 Å². The Morgan fingerprint density at radius 3 is 0.855 bits per heavy atom. The molecule has 0 aliphatic rings. The molecule has 5 aromatic carbocycles. The fourth-order valence-corrected chi connectivity index (χ4v) is 10.2. The van der Waals surface area contributed by atoms with E-state index < -0.39 is 78.1 Å². The lowest BCUT2D eigenvalue weighted by Gasteiger charge is -2.31. The van der Waals surface area contributed by atoms with Gasteiger partial charge in [-0.1, -0.05) is 74.5 Å². The Labute approximate surface area is 362 Å². The van der Waals surface area contributed by atoms with Gasteiger partial charge in [-0.25, -0.2) is 16.8 Å². The van der Waals surface area contributed by atoms with Crippen LogP contribution in [-0.4, -0.2) is 64.9 Å². The molecule has 62 heavy (non-hydrogen) atoms. The molecule has 3 N–H and O–H groups in total. The second kappa shape index (κ2) is 19.2. The predicted molar refractivity (Wildman–Crippen MR) is 226 cm³/mol. The van der Waals surface area contributed by atoms with Crippen molar-refractivity contribution in [3.8, 4) is 0 Å². The van der Waals surface area contributed by atoms with Gasteiger partial charge in [-0.2, -0.15) is 25.3 Å². The smallest absolute Gasteiger partial charge is 0.294 e. The quantitative estimate of drug-likeness (QED) is 0.0678. The van der Waals surface area contributed by atoms with Crippen LogP contribution in [0.5, 0.6) is 0 Å². The van der Waals surface area contributed by atoms with Gasteiger partial charge >= 0.3 is 0 Å². The zero-order valence-electron chi connectivity index (χ0n) is 33.3. The van der Waals surface area contributed by atoms with E-state index in [-0.39, 0.29) is 26.5 Å². The third-order valence-electron chi connectivity index (χ3n) is 11.2. The van der Waals surface area contributed by atoms with Crippen molar-refractivity contribution < 1.29 is 64.9 Å². The van der Waals surface area contributed by atoms with Gasteiger partial charge in [0.1, 0.15) is 20.2 Å². The average molecular weight is 949 g/mol. The van der Waals surface area contributed by atoms with Gasteiger partial charge in [-0.15, -0.1) is 0 Å². The minimum atomic E-state index is -4.72. The Balaban J connectivity index is 1.63. The molecule has 0 bridgehead atoms. The molecule has 5 atom stereocenters. The standard InChI is InChI=1S/C42H46O15S5/c1-3-29(31-6-16-39(17-7-31)59(46,47)48)25-36(33-10-20-41(21-11-33)61(52,53)54)27-37(34-12-22-42(23-13-34)62(55,56)57)26-35(32-8-18-40(19-9-32)60(49,50)51)24-28(2)30-4-14-38(15-5-30)58(43,44)45/h4-23,28-29,35-37H,3,24-27H2,1-2H3,(H,43,44,45)(H,46,47,48)(H,49,50,51)(H,52,53,54)(H,55,56,57)/p-2. The van der Waals surface area contributed by atoms with Crippen molar-refractivity contribution in [1.29, 1.82) is 0 Å². The van der Waals surface area contributed by atoms with Crippen LogP contribution < -0.4 is 0 Å². The Morgan fingerprint density at radius 1 is 0.371 bits per heavy atom. The fourth-order valence-electron chi connectivity index (χ4n) is 7.84. The van der Waals surface area contributed by atoms with Gasteiger partial charge in [0, 0.05) is 0 Å². The highest BCUT2D eigenvalue weighted by Gasteiger charge is 2.29. The molecular formula is C42H44O15S5-2. The highest BCUT2D eigenvalue weighted by molar-refractivity contribution is 7.86. The first-order valence-electron chi connectivity index (χ1n) is 19.1. The summed E-state index contributed by atoms with van der Waals surface area (Å²) in [4.78, 5) is -1.87. The summed E-state index contributed by atoms with van der Waals surface area (Å²) in [6.45, 7) is 3.80. The van der Waals surface area contributed by atoms with Gasteiger partial charge in [-0.05, 0) is 150 Å². The van der Waals surface area contributed by atoms with E-state index in [0.29, 0.717) is 54.4 Å². The third kappa shape index (κ3) is 12.9. The highest BCUT2D eigenvalue weighted by Crippen LogP contribution is 2.45. The molecule has 0 amide bonds. The van der Waals surface area contributed by atoms with E-state index in [0.717, 1.165) is 5.56 Å². The van der Waals surface area contributed by atoms with Crippen molar-refractivity contribution in [3.05, 3.63) is 149 Å².